The van der Waals surface area contributed by atoms with Crippen molar-refractivity contribution in [2.75, 3.05) is 5.32 Å². The molecule has 0 aliphatic carbocycles. The smallest absolute Gasteiger partial charge is 0.163 e. The fraction of sp³-hybridized carbons (Fsp3) is 0.0370. The number of aromatic nitrogens is 7. The highest BCUT2D eigenvalue weighted by molar-refractivity contribution is 6.02. The minimum atomic E-state index is 0.536. The number of hydrogen-bond donors (Lipinski definition) is 1. The summed E-state index contributed by atoms with van der Waals surface area (Å²) in [6.07, 6.45) is 8.57. The fourth-order valence-electron chi connectivity index (χ4n) is 4.00. The molecule has 8 nitrogen and oxygen atoms in total. The van der Waals surface area contributed by atoms with Gasteiger partial charge in [0.2, 0.25) is 0 Å². The first-order valence-electron chi connectivity index (χ1n) is 11.2. The van der Waals surface area contributed by atoms with Crippen molar-refractivity contribution in [1.29, 1.82) is 0 Å². The van der Waals surface area contributed by atoms with Crippen LogP contribution in [-0.4, -0.2) is 34.7 Å². The number of hydrogen-bond acceptors (Lipinski definition) is 7. The van der Waals surface area contributed by atoms with Crippen molar-refractivity contribution in [3.05, 3.63) is 110 Å². The zero-order valence-corrected chi connectivity index (χ0v) is 18.7. The monoisotopic (exact) mass is 456 g/mol. The maximum Gasteiger partial charge on any atom is 0.163 e. The van der Waals surface area contributed by atoms with Crippen LogP contribution in [0, 0.1) is 0 Å². The lowest BCUT2D eigenvalue weighted by Crippen LogP contribution is -2.06. The second-order valence-electron chi connectivity index (χ2n) is 7.94. The van der Waals surface area contributed by atoms with Gasteiger partial charge in [0.05, 0.1) is 35.0 Å². The maximum absolute atomic E-state index is 4.96. The number of nitrogens with zero attached hydrogens (tertiary/aromatic N) is 7. The molecular formula is C27H20N8. The lowest BCUT2D eigenvalue weighted by molar-refractivity contribution is 1.02. The molecule has 4 aromatic heterocycles. The molecule has 0 saturated heterocycles. The Morgan fingerprint density at radius 2 is 1.63 bits per heavy atom. The van der Waals surface area contributed by atoms with Crippen LogP contribution in [0.2, 0.25) is 0 Å². The van der Waals surface area contributed by atoms with E-state index in [-0.39, 0.29) is 0 Å². The third-order valence-corrected chi connectivity index (χ3v) is 5.67. The van der Waals surface area contributed by atoms with Crippen LogP contribution in [0.15, 0.2) is 104 Å². The molecule has 6 aromatic rings. The van der Waals surface area contributed by atoms with E-state index >= 15 is 0 Å². The van der Waals surface area contributed by atoms with Gasteiger partial charge in [0.25, 0.3) is 0 Å². The van der Waals surface area contributed by atoms with Crippen molar-refractivity contribution in [2.45, 2.75) is 6.54 Å². The van der Waals surface area contributed by atoms with Crippen LogP contribution in [0.3, 0.4) is 0 Å². The van der Waals surface area contributed by atoms with Crippen molar-refractivity contribution < 1.29 is 0 Å². The van der Waals surface area contributed by atoms with Crippen molar-refractivity contribution in [3.63, 3.8) is 0 Å². The topological polar surface area (TPSA) is 94.3 Å². The normalized spacial score (nSPS) is 11.0. The Morgan fingerprint density at radius 3 is 2.46 bits per heavy atom. The lowest BCUT2D eigenvalue weighted by atomic mass is 10.0. The zero-order valence-electron chi connectivity index (χ0n) is 18.7. The van der Waals surface area contributed by atoms with Crippen molar-refractivity contribution in [3.8, 4) is 28.2 Å². The first kappa shape index (κ1) is 20.6. The molecule has 0 radical (unpaired) electrons. The summed E-state index contributed by atoms with van der Waals surface area (Å²) in [6, 6.07) is 24.2. The van der Waals surface area contributed by atoms with E-state index in [0.717, 1.165) is 44.8 Å². The number of pyridine rings is 2. The number of nitrogens with one attached hydrogen (secondary N) is 1. The van der Waals surface area contributed by atoms with E-state index in [9.17, 15) is 0 Å². The number of rotatable bonds is 6. The van der Waals surface area contributed by atoms with Gasteiger partial charge < -0.3 is 5.32 Å². The Morgan fingerprint density at radius 1 is 0.771 bits per heavy atom. The zero-order chi connectivity index (χ0) is 23.5. The minimum absolute atomic E-state index is 0.536. The van der Waals surface area contributed by atoms with Gasteiger partial charge in [-0.3, -0.25) is 14.5 Å². The molecule has 1 N–H and O–H groups in total. The molecule has 6 rings (SSSR count). The van der Waals surface area contributed by atoms with E-state index in [1.165, 1.54) is 0 Å². The Hall–Kier alpha value is -4.98. The molecule has 0 spiro atoms. The second kappa shape index (κ2) is 9.11. The van der Waals surface area contributed by atoms with E-state index in [1.54, 1.807) is 35.8 Å². The summed E-state index contributed by atoms with van der Waals surface area (Å²) in [5.41, 5.74) is 5.56. The third kappa shape index (κ3) is 4.20. The van der Waals surface area contributed by atoms with Crippen molar-refractivity contribution in [2.24, 2.45) is 0 Å². The summed E-state index contributed by atoms with van der Waals surface area (Å²) in [7, 11) is 0. The van der Waals surface area contributed by atoms with E-state index in [2.05, 4.69) is 43.7 Å². The highest BCUT2D eigenvalue weighted by Crippen LogP contribution is 2.34. The van der Waals surface area contributed by atoms with E-state index < -0.39 is 0 Å². The van der Waals surface area contributed by atoms with Crippen LogP contribution >= 0.6 is 0 Å². The molecule has 168 valence electrons. The van der Waals surface area contributed by atoms with Crippen LogP contribution in [0.5, 0.6) is 0 Å². The molecule has 35 heavy (non-hydrogen) atoms. The molecule has 2 aromatic carbocycles. The largest absolute Gasteiger partial charge is 0.364 e. The highest BCUT2D eigenvalue weighted by atomic mass is 15.2. The van der Waals surface area contributed by atoms with Gasteiger partial charge in [-0.2, -0.15) is 0 Å². The number of benzene rings is 2. The maximum atomic E-state index is 4.96. The fourth-order valence-corrected chi connectivity index (χ4v) is 4.00. The van der Waals surface area contributed by atoms with Gasteiger partial charge in [-0.1, -0.05) is 48.5 Å². The molecule has 0 saturated carbocycles. The van der Waals surface area contributed by atoms with E-state index in [4.69, 9.17) is 9.97 Å². The quantitative estimate of drug-likeness (QED) is 0.379. The molecule has 0 aliphatic heterocycles. The predicted molar refractivity (Wildman–Crippen MR) is 135 cm³/mol. The Bertz CT molecular complexity index is 1580. The summed E-state index contributed by atoms with van der Waals surface area (Å²) < 4.78 is 1.80. The lowest BCUT2D eigenvalue weighted by Gasteiger charge is -2.14. The van der Waals surface area contributed by atoms with E-state index in [1.807, 2.05) is 54.6 Å². The molecule has 4 heterocycles. The first-order valence-corrected chi connectivity index (χ1v) is 11.2. The van der Waals surface area contributed by atoms with Crippen LogP contribution in [0.1, 0.15) is 5.69 Å². The Balaban J connectivity index is 1.50. The summed E-state index contributed by atoms with van der Waals surface area (Å²) in [5, 5.41) is 12.2. The predicted octanol–water partition coefficient (Wildman–Crippen LogP) is 4.95. The molecule has 8 heteroatoms. The summed E-state index contributed by atoms with van der Waals surface area (Å²) in [4.78, 5) is 18.7. The summed E-state index contributed by atoms with van der Waals surface area (Å²) in [5.74, 6) is 1.32. The third-order valence-electron chi connectivity index (χ3n) is 5.67. The van der Waals surface area contributed by atoms with Gasteiger partial charge in [-0.05, 0) is 35.4 Å². The summed E-state index contributed by atoms with van der Waals surface area (Å²) in [6.45, 7) is 0.536. The van der Waals surface area contributed by atoms with Gasteiger partial charge in [0, 0.05) is 18.0 Å². The minimum Gasteiger partial charge on any atom is -0.364 e. The van der Waals surface area contributed by atoms with Crippen LogP contribution in [-0.2, 0) is 6.54 Å². The SMILES string of the molecule is c1ccc(-c2cccc3nc(-c4cncc(-n5cnnc5)c4)nc(NCc4ccccn4)c23)cc1. The van der Waals surface area contributed by atoms with Crippen LogP contribution < -0.4 is 5.32 Å². The summed E-state index contributed by atoms with van der Waals surface area (Å²) >= 11 is 0. The van der Waals surface area contributed by atoms with Gasteiger partial charge in [0.1, 0.15) is 18.5 Å². The number of fused-ring (bicyclic) bond motifs is 1. The second-order valence-corrected chi connectivity index (χ2v) is 7.94. The van der Waals surface area contributed by atoms with Gasteiger partial charge in [-0.25, -0.2) is 9.97 Å². The van der Waals surface area contributed by atoms with Crippen LogP contribution in [0.25, 0.3) is 39.1 Å². The first-order chi connectivity index (χ1) is 17.3. The van der Waals surface area contributed by atoms with Gasteiger partial charge in [0.15, 0.2) is 5.82 Å². The van der Waals surface area contributed by atoms with Gasteiger partial charge >= 0.3 is 0 Å². The molecule has 0 atom stereocenters. The Kier molecular flexibility index (Phi) is 5.36. The molecule has 0 aliphatic rings. The molecule has 0 unspecified atom stereocenters. The molecule has 0 bridgehead atoms. The average molecular weight is 457 g/mol. The Labute approximate surface area is 201 Å². The number of anilines is 1. The highest BCUT2D eigenvalue weighted by Gasteiger charge is 2.15. The van der Waals surface area contributed by atoms with Gasteiger partial charge in [-0.15, -0.1) is 10.2 Å². The molecule has 0 fully saturated rings. The van der Waals surface area contributed by atoms with Crippen molar-refractivity contribution >= 4 is 16.7 Å². The average Bonchev–Trinajstić information content (AvgIpc) is 3.48. The van der Waals surface area contributed by atoms with E-state index in [0.29, 0.717) is 12.4 Å². The molecule has 0 amide bonds. The molecular weight excluding hydrogens is 436 g/mol. The standard InChI is InChI=1S/C27H20N8/c1-2-7-19(8-3-1)23-10-6-11-24-25(23)27(30-15-21-9-4-5-12-29-21)34-26(33-24)20-13-22(16-28-14-20)35-17-31-32-18-35/h1-14,16-18H,15H2,(H,30,33,34). The van der Waals surface area contributed by atoms with Crippen LogP contribution in [0.4, 0.5) is 5.82 Å². The van der Waals surface area contributed by atoms with Crippen molar-refractivity contribution in [1.82, 2.24) is 34.7 Å².